The second-order valence-corrected chi connectivity index (χ2v) is 10.9. The monoisotopic (exact) mass is 540 g/mol. The fourth-order valence-electron chi connectivity index (χ4n) is 6.09. The van der Waals surface area contributed by atoms with Crippen LogP contribution in [0.15, 0.2) is 42.4 Å². The van der Waals surface area contributed by atoms with E-state index in [0.717, 1.165) is 34.7 Å². The lowest BCUT2D eigenvalue weighted by Gasteiger charge is -2.38. The summed E-state index contributed by atoms with van der Waals surface area (Å²) < 4.78 is 1.53. The largest absolute Gasteiger partial charge is 0.383 e. The number of amides is 1. The number of hydrogen-bond acceptors (Lipinski definition) is 10. The summed E-state index contributed by atoms with van der Waals surface area (Å²) in [5, 5.41) is 13.7. The van der Waals surface area contributed by atoms with E-state index in [-0.39, 0.29) is 41.3 Å². The Labute approximate surface area is 226 Å². The van der Waals surface area contributed by atoms with Gasteiger partial charge >= 0.3 is 0 Å². The predicted molar refractivity (Wildman–Crippen MR) is 143 cm³/mol. The van der Waals surface area contributed by atoms with E-state index in [1.807, 2.05) is 22.4 Å². The van der Waals surface area contributed by atoms with Gasteiger partial charge in [-0.25, -0.2) is 15.0 Å². The predicted octanol–water partition coefficient (Wildman–Crippen LogP) is 3.37. The summed E-state index contributed by atoms with van der Waals surface area (Å²) in [5.74, 6) is 0.196. The number of rotatable bonds is 5. The van der Waals surface area contributed by atoms with Gasteiger partial charge < -0.3 is 10.6 Å². The number of pyridine rings is 1. The molecule has 0 saturated carbocycles. The number of nitrogens with one attached hydrogen (secondary N) is 1. The molecular weight excluding hydrogens is 516 g/mol. The molecule has 39 heavy (non-hydrogen) atoms. The molecule has 5 aromatic heterocycles. The van der Waals surface area contributed by atoms with E-state index in [0.29, 0.717) is 29.7 Å². The fourth-order valence-corrected chi connectivity index (χ4v) is 6.70. The van der Waals surface area contributed by atoms with Crippen molar-refractivity contribution in [2.45, 2.75) is 50.6 Å². The van der Waals surface area contributed by atoms with E-state index in [9.17, 15) is 9.59 Å². The molecule has 3 N–H and O–H groups in total. The summed E-state index contributed by atoms with van der Waals surface area (Å²) in [6.45, 7) is 1.51. The molecule has 0 spiro atoms. The van der Waals surface area contributed by atoms with Gasteiger partial charge in [0.05, 0.1) is 23.1 Å². The van der Waals surface area contributed by atoms with Gasteiger partial charge in [-0.2, -0.15) is 14.7 Å². The van der Waals surface area contributed by atoms with Crippen molar-refractivity contribution in [2.75, 3.05) is 5.73 Å². The topological polar surface area (TPSA) is 161 Å². The molecular formula is C26H24N10O2S. The number of thiazole rings is 1. The number of Topliss-reactive ketones (excluding diaryl/α,β-unsaturated/α-hetero) is 1. The zero-order valence-electron chi connectivity index (χ0n) is 21.0. The second kappa shape index (κ2) is 9.05. The Bertz CT molecular complexity index is 1680. The Morgan fingerprint density at radius 3 is 2.56 bits per heavy atom. The molecule has 1 unspecified atom stereocenters. The first-order valence-electron chi connectivity index (χ1n) is 12.7. The molecule has 7 rings (SSSR count). The maximum absolute atomic E-state index is 13.1. The van der Waals surface area contributed by atoms with Crippen LogP contribution in [-0.2, 0) is 0 Å². The van der Waals surface area contributed by atoms with Crippen molar-refractivity contribution in [1.82, 2.24) is 44.6 Å². The highest BCUT2D eigenvalue weighted by Crippen LogP contribution is 2.45. The number of nitrogen functional groups attached to an aromatic ring is 1. The lowest BCUT2D eigenvalue weighted by Crippen LogP contribution is -2.46. The molecule has 2 aliphatic heterocycles. The smallest absolute Gasteiger partial charge is 0.291 e. The highest BCUT2D eigenvalue weighted by atomic mass is 32.1. The van der Waals surface area contributed by atoms with Crippen LogP contribution >= 0.6 is 11.3 Å². The third-order valence-electron chi connectivity index (χ3n) is 7.76. The number of nitrogens with zero attached hydrogens (tertiary/aromatic N) is 8. The maximum Gasteiger partial charge on any atom is 0.291 e. The molecule has 0 radical (unpaired) electrons. The molecule has 3 atom stereocenters. The summed E-state index contributed by atoms with van der Waals surface area (Å²) in [7, 11) is 0. The normalized spacial score (nSPS) is 20.5. The van der Waals surface area contributed by atoms with Crippen LogP contribution < -0.4 is 5.73 Å². The first-order valence-corrected chi connectivity index (χ1v) is 13.6. The first kappa shape index (κ1) is 23.6. The van der Waals surface area contributed by atoms with E-state index < -0.39 is 0 Å². The van der Waals surface area contributed by atoms with Gasteiger partial charge in [0, 0.05) is 46.9 Å². The van der Waals surface area contributed by atoms with Crippen LogP contribution in [0.4, 0.5) is 5.82 Å². The van der Waals surface area contributed by atoms with E-state index in [2.05, 4.69) is 30.2 Å². The lowest BCUT2D eigenvalue weighted by atomic mass is 9.85. The molecule has 2 fully saturated rings. The Morgan fingerprint density at radius 1 is 1.10 bits per heavy atom. The van der Waals surface area contributed by atoms with Crippen molar-refractivity contribution in [2.24, 2.45) is 0 Å². The Balaban J connectivity index is 1.27. The third kappa shape index (κ3) is 3.80. The van der Waals surface area contributed by atoms with Gasteiger partial charge in [0.2, 0.25) is 5.82 Å². The minimum absolute atomic E-state index is 0.0254. The standard InChI is InChI=1S/C26H24N10O2S/c1-13(37)20-21(15-8-16-3-4-17(9-15)35(16)26(38)23-30-12-31-34-23)33-24-18(11-32-36(24)22(20)27)14-2-5-19(29-10-14)25-28-6-7-39-25/h2,5-7,10-12,15-17H,3-4,8-9,27H2,1H3,(H,30,31,34)/t15?,16-,17+. The molecule has 5 aromatic rings. The van der Waals surface area contributed by atoms with Crippen LogP contribution in [0.3, 0.4) is 0 Å². The van der Waals surface area contributed by atoms with Crippen molar-refractivity contribution < 1.29 is 9.59 Å². The van der Waals surface area contributed by atoms with Crippen molar-refractivity contribution >= 4 is 34.5 Å². The fraction of sp³-hybridized carbons (Fsp3) is 0.308. The summed E-state index contributed by atoms with van der Waals surface area (Å²) in [6, 6.07) is 3.94. The highest BCUT2D eigenvalue weighted by molar-refractivity contribution is 7.13. The number of piperidine rings is 1. The number of fused-ring (bicyclic) bond motifs is 3. The molecule has 7 heterocycles. The number of carbonyl (C=O) groups excluding carboxylic acids is 2. The highest BCUT2D eigenvalue weighted by Gasteiger charge is 2.45. The van der Waals surface area contributed by atoms with E-state index >= 15 is 0 Å². The number of H-pyrrole nitrogens is 1. The van der Waals surface area contributed by atoms with Crippen LogP contribution in [0, 0.1) is 0 Å². The van der Waals surface area contributed by atoms with E-state index in [1.54, 1.807) is 18.6 Å². The summed E-state index contributed by atoms with van der Waals surface area (Å²) in [4.78, 5) is 45.9. The second-order valence-electron chi connectivity index (χ2n) is 9.98. The molecule has 12 nitrogen and oxygen atoms in total. The zero-order chi connectivity index (χ0) is 26.7. The van der Waals surface area contributed by atoms with Crippen LogP contribution in [0.2, 0.25) is 0 Å². The van der Waals surface area contributed by atoms with Gasteiger partial charge in [-0.05, 0) is 38.7 Å². The summed E-state index contributed by atoms with van der Waals surface area (Å²) >= 11 is 1.53. The molecule has 0 aliphatic carbocycles. The molecule has 13 heteroatoms. The number of hydrogen-bond donors (Lipinski definition) is 2. The van der Waals surface area contributed by atoms with Crippen LogP contribution in [0.25, 0.3) is 27.5 Å². The lowest BCUT2D eigenvalue weighted by molar-refractivity contribution is 0.0556. The molecule has 2 aliphatic rings. The van der Waals surface area contributed by atoms with Crippen molar-refractivity contribution in [1.29, 1.82) is 0 Å². The average Bonchev–Trinajstić information content (AvgIpc) is 3.75. The van der Waals surface area contributed by atoms with Crippen LogP contribution in [-0.4, -0.2) is 68.4 Å². The average molecular weight is 541 g/mol. The third-order valence-corrected chi connectivity index (χ3v) is 8.56. The van der Waals surface area contributed by atoms with Gasteiger partial charge in [0.15, 0.2) is 11.4 Å². The number of aromatic amines is 1. The minimum atomic E-state index is -0.157. The number of anilines is 1. The molecule has 2 bridgehead atoms. The van der Waals surface area contributed by atoms with E-state index in [1.165, 1.54) is 29.1 Å². The zero-order valence-corrected chi connectivity index (χ0v) is 21.8. The Hall–Kier alpha value is -4.52. The number of ketones is 1. The number of carbonyl (C=O) groups is 2. The van der Waals surface area contributed by atoms with E-state index in [4.69, 9.17) is 10.7 Å². The van der Waals surface area contributed by atoms with Crippen molar-refractivity contribution in [3.63, 3.8) is 0 Å². The SMILES string of the molecule is CC(=O)c1c(C2C[C@H]3CC[C@@H](C2)N3C(=O)c2ncn[nH]2)nc2c(-c3ccc(-c4nccs4)nc3)cnn2c1N. The minimum Gasteiger partial charge on any atom is -0.383 e. The number of aromatic nitrogens is 8. The number of nitrogens with two attached hydrogens (primary N) is 1. The first-order chi connectivity index (χ1) is 19.0. The van der Waals surface area contributed by atoms with Gasteiger partial charge in [0.25, 0.3) is 5.91 Å². The molecule has 196 valence electrons. The van der Waals surface area contributed by atoms with Crippen molar-refractivity contribution in [3.8, 4) is 21.8 Å². The molecule has 0 aromatic carbocycles. The van der Waals surface area contributed by atoms with Crippen molar-refractivity contribution in [3.05, 3.63) is 59.5 Å². The van der Waals surface area contributed by atoms with Gasteiger partial charge in [0.1, 0.15) is 17.2 Å². The molecule has 1 amide bonds. The van der Waals surface area contributed by atoms with Gasteiger partial charge in [-0.1, -0.05) is 6.07 Å². The van der Waals surface area contributed by atoms with Crippen LogP contribution in [0.5, 0.6) is 0 Å². The quantitative estimate of drug-likeness (QED) is 0.318. The summed E-state index contributed by atoms with van der Waals surface area (Å²) in [5.41, 5.74) is 10.6. The van der Waals surface area contributed by atoms with Gasteiger partial charge in [-0.3, -0.25) is 19.7 Å². The summed E-state index contributed by atoms with van der Waals surface area (Å²) in [6.07, 6.45) is 9.73. The Kier molecular flexibility index (Phi) is 5.47. The van der Waals surface area contributed by atoms with Gasteiger partial charge in [-0.15, -0.1) is 11.3 Å². The maximum atomic E-state index is 13.1. The van der Waals surface area contributed by atoms with Crippen LogP contribution in [0.1, 0.15) is 65.2 Å². The molecule has 2 saturated heterocycles. The Morgan fingerprint density at radius 2 is 1.92 bits per heavy atom.